The van der Waals surface area contributed by atoms with Crippen LogP contribution in [0.1, 0.15) is 16.7 Å². The number of anilines is 2. The summed E-state index contributed by atoms with van der Waals surface area (Å²) in [6.07, 6.45) is -4.68. The lowest BCUT2D eigenvalue weighted by Crippen LogP contribution is -2.38. The lowest BCUT2D eigenvalue weighted by molar-refractivity contribution is -0.137. The van der Waals surface area contributed by atoms with E-state index in [0.717, 1.165) is 40.0 Å². The SMILES string of the molecule is Cc1ccc(S(=O)(=O)N(CC(=O)Nc2ccc(CSc3ccccc3)cc2)c2cccc(C(F)(F)F)c2)cc1. The van der Waals surface area contributed by atoms with Crippen molar-refractivity contribution in [2.75, 3.05) is 16.2 Å². The molecule has 0 atom stereocenters. The topological polar surface area (TPSA) is 66.5 Å². The zero-order valence-corrected chi connectivity index (χ0v) is 22.5. The Morgan fingerprint density at radius 3 is 2.18 bits per heavy atom. The third-order valence-electron chi connectivity index (χ3n) is 5.74. The first-order chi connectivity index (χ1) is 18.5. The summed E-state index contributed by atoms with van der Waals surface area (Å²) in [7, 11) is -4.36. The fourth-order valence-electron chi connectivity index (χ4n) is 3.69. The van der Waals surface area contributed by atoms with Crippen LogP contribution >= 0.6 is 11.8 Å². The van der Waals surface area contributed by atoms with E-state index in [1.807, 2.05) is 42.5 Å². The van der Waals surface area contributed by atoms with E-state index in [1.54, 1.807) is 43.0 Å². The first kappa shape index (κ1) is 28.3. The number of rotatable bonds is 9. The second-order valence-electron chi connectivity index (χ2n) is 8.72. The molecular weight excluding hydrogens is 545 g/mol. The number of carbonyl (C=O) groups excluding carboxylic acids is 1. The number of amides is 1. The number of benzene rings is 4. The van der Waals surface area contributed by atoms with Crippen LogP contribution < -0.4 is 9.62 Å². The predicted molar refractivity (Wildman–Crippen MR) is 148 cm³/mol. The first-order valence-corrected chi connectivity index (χ1v) is 14.3. The molecule has 0 fully saturated rings. The third-order valence-corrected chi connectivity index (χ3v) is 8.62. The molecule has 0 bridgehead atoms. The summed E-state index contributed by atoms with van der Waals surface area (Å²) in [5.74, 6) is 0.0191. The molecule has 0 aliphatic rings. The van der Waals surface area contributed by atoms with Crippen molar-refractivity contribution in [3.63, 3.8) is 0 Å². The Bertz CT molecular complexity index is 1530. The van der Waals surface area contributed by atoms with Gasteiger partial charge in [-0.1, -0.05) is 54.1 Å². The number of alkyl halides is 3. The summed E-state index contributed by atoms with van der Waals surface area (Å²) in [5.41, 5.74) is 0.977. The monoisotopic (exact) mass is 570 g/mol. The van der Waals surface area contributed by atoms with Crippen LogP contribution in [0.2, 0.25) is 0 Å². The Morgan fingerprint density at radius 2 is 1.54 bits per heavy atom. The highest BCUT2D eigenvalue weighted by atomic mass is 32.2. The fraction of sp³-hybridized carbons (Fsp3) is 0.138. The number of thioether (sulfide) groups is 1. The zero-order valence-electron chi connectivity index (χ0n) is 20.9. The van der Waals surface area contributed by atoms with Crippen LogP contribution in [-0.4, -0.2) is 20.9 Å². The van der Waals surface area contributed by atoms with Gasteiger partial charge in [0.25, 0.3) is 10.0 Å². The van der Waals surface area contributed by atoms with Gasteiger partial charge in [0.15, 0.2) is 0 Å². The van der Waals surface area contributed by atoms with Gasteiger partial charge < -0.3 is 5.32 Å². The smallest absolute Gasteiger partial charge is 0.325 e. The first-order valence-electron chi connectivity index (χ1n) is 11.9. The van der Waals surface area contributed by atoms with Crippen LogP contribution in [0, 0.1) is 6.92 Å². The molecule has 1 N–H and O–H groups in total. The van der Waals surface area contributed by atoms with E-state index in [1.165, 1.54) is 18.2 Å². The van der Waals surface area contributed by atoms with Gasteiger partial charge in [-0.05, 0) is 67.1 Å². The maximum atomic E-state index is 13.5. The van der Waals surface area contributed by atoms with E-state index in [4.69, 9.17) is 0 Å². The average molecular weight is 571 g/mol. The van der Waals surface area contributed by atoms with Gasteiger partial charge in [0.1, 0.15) is 6.54 Å². The molecule has 0 aromatic heterocycles. The van der Waals surface area contributed by atoms with E-state index in [2.05, 4.69) is 5.32 Å². The summed E-state index contributed by atoms with van der Waals surface area (Å²) >= 11 is 1.66. The van der Waals surface area contributed by atoms with Gasteiger partial charge in [-0.15, -0.1) is 11.8 Å². The van der Waals surface area contributed by atoms with Crippen LogP contribution in [0.3, 0.4) is 0 Å². The zero-order chi connectivity index (χ0) is 28.0. The van der Waals surface area contributed by atoms with Crippen LogP contribution in [0.5, 0.6) is 0 Å². The Hall–Kier alpha value is -3.76. The lowest BCUT2D eigenvalue weighted by atomic mass is 10.2. The standard InChI is InChI=1S/C29H25F3N2O3S2/c1-21-10-16-27(17-11-21)39(36,37)34(25-7-5-6-23(18-25)29(30,31)32)19-28(35)33-24-14-12-22(13-15-24)20-38-26-8-3-2-4-9-26/h2-18H,19-20H2,1H3,(H,33,35). The molecule has 10 heteroatoms. The van der Waals surface area contributed by atoms with Gasteiger partial charge >= 0.3 is 6.18 Å². The van der Waals surface area contributed by atoms with Crippen molar-refractivity contribution in [2.24, 2.45) is 0 Å². The summed E-state index contributed by atoms with van der Waals surface area (Å²) in [5, 5.41) is 2.65. The van der Waals surface area contributed by atoms with Crippen molar-refractivity contribution in [3.05, 3.63) is 120 Å². The Balaban J connectivity index is 1.54. The third kappa shape index (κ3) is 7.42. The maximum Gasteiger partial charge on any atom is 0.416 e. The fourth-order valence-corrected chi connectivity index (χ4v) is 5.98. The Kier molecular flexibility index (Phi) is 8.66. The summed E-state index contributed by atoms with van der Waals surface area (Å²) < 4.78 is 67.8. The highest BCUT2D eigenvalue weighted by Crippen LogP contribution is 2.33. The minimum Gasteiger partial charge on any atom is -0.325 e. The number of halogens is 3. The van der Waals surface area contributed by atoms with Crippen molar-refractivity contribution in [3.8, 4) is 0 Å². The Morgan fingerprint density at radius 1 is 0.872 bits per heavy atom. The minimum atomic E-state index is -4.68. The summed E-state index contributed by atoms with van der Waals surface area (Å²) in [6, 6.07) is 26.8. The van der Waals surface area contributed by atoms with Gasteiger partial charge in [-0.2, -0.15) is 13.2 Å². The van der Waals surface area contributed by atoms with Crippen LogP contribution in [0.15, 0.2) is 113 Å². The molecule has 0 heterocycles. The minimum absolute atomic E-state index is 0.140. The van der Waals surface area contributed by atoms with Gasteiger partial charge in [-0.3, -0.25) is 9.10 Å². The molecule has 4 rings (SSSR count). The molecule has 39 heavy (non-hydrogen) atoms. The quantitative estimate of drug-likeness (QED) is 0.217. The highest BCUT2D eigenvalue weighted by molar-refractivity contribution is 7.98. The lowest BCUT2D eigenvalue weighted by Gasteiger charge is -2.25. The number of carbonyl (C=O) groups is 1. The van der Waals surface area contributed by atoms with E-state index in [0.29, 0.717) is 9.99 Å². The van der Waals surface area contributed by atoms with Crippen LogP contribution in [-0.2, 0) is 26.7 Å². The molecule has 0 radical (unpaired) electrons. The molecule has 4 aromatic carbocycles. The molecule has 4 aromatic rings. The van der Waals surface area contributed by atoms with Gasteiger partial charge in [0.05, 0.1) is 16.1 Å². The van der Waals surface area contributed by atoms with Crippen LogP contribution in [0.25, 0.3) is 0 Å². The van der Waals surface area contributed by atoms with Crippen molar-refractivity contribution < 1.29 is 26.4 Å². The number of nitrogens with zero attached hydrogens (tertiary/aromatic N) is 1. The van der Waals surface area contributed by atoms with Gasteiger partial charge in [0.2, 0.25) is 5.91 Å². The van der Waals surface area contributed by atoms with Crippen molar-refractivity contribution >= 4 is 39.1 Å². The average Bonchev–Trinajstić information content (AvgIpc) is 2.92. The molecular formula is C29H25F3N2O3S2. The molecule has 1 amide bonds. The van der Waals surface area contributed by atoms with Crippen molar-refractivity contribution in [1.29, 1.82) is 0 Å². The second kappa shape index (κ2) is 12.0. The molecule has 0 saturated heterocycles. The van der Waals surface area contributed by atoms with E-state index < -0.39 is 34.2 Å². The number of hydrogen-bond donors (Lipinski definition) is 1. The molecule has 202 valence electrons. The maximum absolute atomic E-state index is 13.5. The number of nitrogens with one attached hydrogen (secondary N) is 1. The Labute approximate surface area is 229 Å². The van der Waals surface area contributed by atoms with Crippen LogP contribution in [0.4, 0.5) is 24.5 Å². The van der Waals surface area contributed by atoms with E-state index >= 15 is 0 Å². The highest BCUT2D eigenvalue weighted by Gasteiger charge is 2.33. The van der Waals surface area contributed by atoms with E-state index in [-0.39, 0.29) is 10.6 Å². The summed E-state index contributed by atoms with van der Waals surface area (Å²) in [4.78, 5) is 13.9. The number of hydrogen-bond acceptors (Lipinski definition) is 4. The van der Waals surface area contributed by atoms with Crippen molar-refractivity contribution in [2.45, 2.75) is 28.6 Å². The largest absolute Gasteiger partial charge is 0.416 e. The summed E-state index contributed by atoms with van der Waals surface area (Å²) in [6.45, 7) is 1.06. The molecule has 0 aliphatic heterocycles. The van der Waals surface area contributed by atoms with Crippen molar-refractivity contribution in [1.82, 2.24) is 0 Å². The molecule has 0 saturated carbocycles. The number of aryl methyl sites for hydroxylation is 1. The molecule has 0 spiro atoms. The molecule has 0 unspecified atom stereocenters. The normalized spacial score (nSPS) is 11.7. The van der Waals surface area contributed by atoms with Gasteiger partial charge in [0, 0.05) is 16.3 Å². The molecule has 0 aliphatic carbocycles. The molecule has 5 nitrogen and oxygen atoms in total. The predicted octanol–water partition coefficient (Wildman–Crippen LogP) is 7.14. The second-order valence-corrected chi connectivity index (χ2v) is 11.6. The van der Waals surface area contributed by atoms with Gasteiger partial charge in [-0.25, -0.2) is 8.42 Å². The number of sulfonamides is 1. The van der Waals surface area contributed by atoms with E-state index in [9.17, 15) is 26.4 Å².